The molecule has 1 fully saturated rings. The average molecular weight is 275 g/mol. The van der Waals surface area contributed by atoms with Crippen LogP contribution in [0.25, 0.3) is 0 Å². The lowest BCUT2D eigenvalue weighted by molar-refractivity contribution is -0.387. The highest BCUT2D eigenvalue weighted by atomic mass is 35.5. The molecule has 1 aromatic carbocycles. The molecule has 0 bridgehead atoms. The molecule has 0 aliphatic carbocycles. The van der Waals surface area contributed by atoms with Crippen molar-refractivity contribution in [3.05, 3.63) is 38.7 Å². The molecular weight excluding hydrogens is 263 g/mol. The molecule has 1 unspecified atom stereocenters. The lowest BCUT2D eigenvalue weighted by Gasteiger charge is -2.17. The van der Waals surface area contributed by atoms with Crippen molar-refractivity contribution in [2.24, 2.45) is 0 Å². The molecule has 1 N–H and O–H groups in total. The molecule has 0 amide bonds. The molecule has 0 aromatic heterocycles. The van der Waals surface area contributed by atoms with Crippen LogP contribution in [0.3, 0.4) is 0 Å². The Morgan fingerprint density at radius 2 is 2.33 bits per heavy atom. The topological polar surface area (TPSA) is 64.4 Å². The fraction of sp³-hybridized carbons (Fsp3) is 0.455. The summed E-state index contributed by atoms with van der Waals surface area (Å²) in [5, 5.41) is 14.0. The normalized spacial score (nSPS) is 20.4. The molecular formula is C11H12ClFN2O3. The van der Waals surface area contributed by atoms with Crippen molar-refractivity contribution in [1.82, 2.24) is 5.32 Å². The van der Waals surface area contributed by atoms with E-state index in [0.717, 1.165) is 19.0 Å². The van der Waals surface area contributed by atoms with E-state index in [2.05, 4.69) is 5.32 Å². The van der Waals surface area contributed by atoms with E-state index in [0.29, 0.717) is 18.8 Å². The number of nitrogens with zero attached hydrogens (tertiary/aromatic N) is 1. The first-order chi connectivity index (χ1) is 8.59. The van der Waals surface area contributed by atoms with Gasteiger partial charge >= 0.3 is 5.69 Å². The molecule has 18 heavy (non-hydrogen) atoms. The van der Waals surface area contributed by atoms with Crippen molar-refractivity contribution in [1.29, 1.82) is 0 Å². The lowest BCUT2D eigenvalue weighted by atomic mass is 10.1. The van der Waals surface area contributed by atoms with Crippen LogP contribution in [-0.4, -0.2) is 24.7 Å². The minimum atomic E-state index is -0.928. The Morgan fingerprint density at radius 3 is 3.06 bits per heavy atom. The van der Waals surface area contributed by atoms with Gasteiger partial charge in [0.15, 0.2) is 0 Å². The second-order valence-corrected chi connectivity index (χ2v) is 4.42. The molecule has 1 aromatic rings. The summed E-state index contributed by atoms with van der Waals surface area (Å²) in [6, 6.07) is 1.89. The van der Waals surface area contributed by atoms with Gasteiger partial charge in [0.2, 0.25) is 5.82 Å². The Bertz CT molecular complexity index is 462. The van der Waals surface area contributed by atoms with Gasteiger partial charge in [0.1, 0.15) is 0 Å². The minimum absolute atomic E-state index is 0.168. The molecule has 1 heterocycles. The largest absolute Gasteiger partial charge is 0.379 e. The van der Waals surface area contributed by atoms with E-state index in [9.17, 15) is 14.5 Å². The van der Waals surface area contributed by atoms with E-state index in [1.165, 1.54) is 6.07 Å². The van der Waals surface area contributed by atoms with Crippen LogP contribution >= 0.6 is 11.6 Å². The summed E-state index contributed by atoms with van der Waals surface area (Å²) < 4.78 is 18.7. The number of benzene rings is 1. The summed E-state index contributed by atoms with van der Waals surface area (Å²) >= 11 is 5.93. The third-order valence-electron chi connectivity index (χ3n) is 2.78. The molecule has 5 nitrogen and oxygen atoms in total. The van der Waals surface area contributed by atoms with Gasteiger partial charge < -0.3 is 10.1 Å². The van der Waals surface area contributed by atoms with Crippen LogP contribution < -0.4 is 5.32 Å². The lowest BCUT2D eigenvalue weighted by Crippen LogP contribution is -2.23. The zero-order valence-corrected chi connectivity index (χ0v) is 10.2. The van der Waals surface area contributed by atoms with Gasteiger partial charge in [-0.3, -0.25) is 10.1 Å². The molecule has 0 saturated carbocycles. The maximum Gasteiger partial charge on any atom is 0.305 e. The summed E-state index contributed by atoms with van der Waals surface area (Å²) in [6.45, 7) is 1.72. The molecule has 1 saturated heterocycles. The smallest absolute Gasteiger partial charge is 0.305 e. The first-order valence-electron chi connectivity index (χ1n) is 5.54. The quantitative estimate of drug-likeness (QED) is 0.664. The summed E-state index contributed by atoms with van der Waals surface area (Å²) in [5.74, 6) is -0.928. The Morgan fingerprint density at radius 1 is 1.56 bits per heavy atom. The number of ether oxygens (including phenoxy) is 1. The summed E-state index contributed by atoms with van der Waals surface area (Å²) in [6.07, 6.45) is 0.859. The van der Waals surface area contributed by atoms with Crippen molar-refractivity contribution in [2.45, 2.75) is 12.5 Å². The number of nitrogens with one attached hydrogen (secondary N) is 1. The predicted molar refractivity (Wildman–Crippen MR) is 64.2 cm³/mol. The molecule has 1 atom stereocenters. The summed E-state index contributed by atoms with van der Waals surface area (Å²) in [4.78, 5) is 9.95. The number of halogens is 2. The molecule has 0 spiro atoms. The monoisotopic (exact) mass is 274 g/mol. The van der Waals surface area contributed by atoms with Gasteiger partial charge in [0.25, 0.3) is 0 Å². The van der Waals surface area contributed by atoms with Gasteiger partial charge in [-0.25, -0.2) is 0 Å². The fourth-order valence-corrected chi connectivity index (χ4v) is 2.15. The first kappa shape index (κ1) is 13.2. The van der Waals surface area contributed by atoms with Crippen molar-refractivity contribution >= 4 is 17.3 Å². The second-order valence-electron chi connectivity index (χ2n) is 4.02. The van der Waals surface area contributed by atoms with Gasteiger partial charge in [-0.2, -0.15) is 4.39 Å². The standard InChI is InChI=1S/C11H12ClFN2O3/c12-8-5-9(13)11(15(16)17)4-7(8)10-6-18-3-1-2-14-10/h4-5,10,14H,1-3,6H2. The third kappa shape index (κ3) is 2.77. The van der Waals surface area contributed by atoms with E-state index in [1.54, 1.807) is 0 Å². The van der Waals surface area contributed by atoms with E-state index in [4.69, 9.17) is 16.3 Å². The first-order valence-corrected chi connectivity index (χ1v) is 5.92. The van der Waals surface area contributed by atoms with E-state index >= 15 is 0 Å². The molecule has 7 heteroatoms. The van der Waals surface area contributed by atoms with Crippen LogP contribution in [-0.2, 0) is 4.74 Å². The zero-order chi connectivity index (χ0) is 13.1. The fourth-order valence-electron chi connectivity index (χ4n) is 1.87. The average Bonchev–Trinajstić information content (AvgIpc) is 2.57. The third-order valence-corrected chi connectivity index (χ3v) is 3.11. The Kier molecular flexibility index (Phi) is 4.11. The molecule has 1 aliphatic rings. The number of rotatable bonds is 2. The molecule has 2 rings (SSSR count). The van der Waals surface area contributed by atoms with Crippen LogP contribution in [0.15, 0.2) is 12.1 Å². The highest BCUT2D eigenvalue weighted by Crippen LogP contribution is 2.30. The highest BCUT2D eigenvalue weighted by Gasteiger charge is 2.23. The van der Waals surface area contributed by atoms with Crippen molar-refractivity contribution in [2.75, 3.05) is 19.8 Å². The van der Waals surface area contributed by atoms with Crippen molar-refractivity contribution < 1.29 is 14.1 Å². The number of hydrogen-bond acceptors (Lipinski definition) is 4. The maximum atomic E-state index is 13.4. The van der Waals surface area contributed by atoms with E-state index in [1.807, 2.05) is 0 Å². The zero-order valence-electron chi connectivity index (χ0n) is 9.49. The number of nitro groups is 1. The van der Waals surface area contributed by atoms with E-state index in [-0.39, 0.29) is 11.1 Å². The van der Waals surface area contributed by atoms with Gasteiger partial charge in [-0.1, -0.05) is 11.6 Å². The van der Waals surface area contributed by atoms with Gasteiger partial charge in [-0.05, 0) is 24.6 Å². The van der Waals surface area contributed by atoms with Crippen LogP contribution in [0.2, 0.25) is 5.02 Å². The predicted octanol–water partition coefficient (Wildman–Crippen LogP) is 2.44. The van der Waals surface area contributed by atoms with Crippen LogP contribution in [0.5, 0.6) is 0 Å². The molecule has 0 radical (unpaired) electrons. The molecule has 98 valence electrons. The maximum absolute atomic E-state index is 13.4. The van der Waals surface area contributed by atoms with Gasteiger partial charge in [0, 0.05) is 17.7 Å². The number of nitro benzene ring substituents is 1. The molecule has 1 aliphatic heterocycles. The second kappa shape index (κ2) is 5.60. The van der Waals surface area contributed by atoms with Crippen molar-refractivity contribution in [3.63, 3.8) is 0 Å². The summed E-state index contributed by atoms with van der Waals surface area (Å²) in [7, 11) is 0. The van der Waals surface area contributed by atoms with Gasteiger partial charge in [-0.15, -0.1) is 0 Å². The summed E-state index contributed by atoms with van der Waals surface area (Å²) in [5.41, 5.74) is -0.0767. The Balaban J connectivity index is 2.36. The Labute approximate surface area is 108 Å². The van der Waals surface area contributed by atoms with Crippen LogP contribution in [0, 0.1) is 15.9 Å². The number of hydrogen-bond donors (Lipinski definition) is 1. The SMILES string of the molecule is O=[N+]([O-])c1cc(C2COCCCN2)c(Cl)cc1F. The Hall–Kier alpha value is -1.24. The van der Waals surface area contributed by atoms with Crippen LogP contribution in [0.1, 0.15) is 18.0 Å². The van der Waals surface area contributed by atoms with Crippen molar-refractivity contribution in [3.8, 4) is 0 Å². The minimum Gasteiger partial charge on any atom is -0.379 e. The highest BCUT2D eigenvalue weighted by molar-refractivity contribution is 6.31. The van der Waals surface area contributed by atoms with E-state index < -0.39 is 16.4 Å². The van der Waals surface area contributed by atoms with Gasteiger partial charge in [0.05, 0.1) is 17.6 Å². The van der Waals surface area contributed by atoms with Crippen LogP contribution in [0.4, 0.5) is 10.1 Å².